The Labute approximate surface area is 115 Å². The molecule has 0 spiro atoms. The standard InChI is InChI=1S/C11H19F3N4O2/c1-3-4-18-10(9(19-2)5-16-18)8(17-15)6-20-7-11(12,13)14/h5,8,17H,3-4,6-7,15H2,1-2H3. The number of alkyl halides is 3. The van der Waals surface area contributed by atoms with Crippen LogP contribution in [0.4, 0.5) is 13.2 Å². The highest BCUT2D eigenvalue weighted by Gasteiger charge is 2.29. The van der Waals surface area contributed by atoms with Crippen LogP contribution in [-0.4, -0.2) is 36.3 Å². The van der Waals surface area contributed by atoms with Gasteiger partial charge < -0.3 is 9.47 Å². The zero-order valence-electron chi connectivity index (χ0n) is 11.4. The molecule has 1 rings (SSSR count). The number of nitrogens with zero attached hydrogens (tertiary/aromatic N) is 2. The third-order valence-electron chi connectivity index (χ3n) is 2.58. The Bertz CT molecular complexity index is 409. The van der Waals surface area contributed by atoms with E-state index in [-0.39, 0.29) is 6.61 Å². The minimum atomic E-state index is -4.37. The number of hydrogen-bond acceptors (Lipinski definition) is 5. The van der Waals surface area contributed by atoms with Crippen molar-refractivity contribution in [2.75, 3.05) is 20.3 Å². The fraction of sp³-hybridized carbons (Fsp3) is 0.727. The van der Waals surface area contributed by atoms with E-state index in [0.29, 0.717) is 18.0 Å². The molecule has 0 saturated carbocycles. The van der Waals surface area contributed by atoms with E-state index in [2.05, 4.69) is 15.3 Å². The zero-order chi connectivity index (χ0) is 15.2. The fourth-order valence-electron chi connectivity index (χ4n) is 1.78. The van der Waals surface area contributed by atoms with Crippen molar-refractivity contribution in [2.24, 2.45) is 5.84 Å². The summed E-state index contributed by atoms with van der Waals surface area (Å²) >= 11 is 0. The Kier molecular flexibility index (Phi) is 6.24. The summed E-state index contributed by atoms with van der Waals surface area (Å²) in [5, 5.41) is 4.12. The molecule has 9 heteroatoms. The van der Waals surface area contributed by atoms with Gasteiger partial charge in [0.05, 0.1) is 26.0 Å². The van der Waals surface area contributed by atoms with Crippen LogP contribution in [0.15, 0.2) is 6.20 Å². The van der Waals surface area contributed by atoms with Crippen molar-refractivity contribution in [3.8, 4) is 5.75 Å². The van der Waals surface area contributed by atoms with Gasteiger partial charge in [-0.3, -0.25) is 10.5 Å². The Morgan fingerprint density at radius 2 is 2.20 bits per heavy atom. The first kappa shape index (κ1) is 16.7. The maximum absolute atomic E-state index is 12.1. The summed E-state index contributed by atoms with van der Waals surface area (Å²) < 4.78 is 47.7. The number of aromatic nitrogens is 2. The SMILES string of the molecule is CCCn1ncc(OC)c1C(COCC(F)(F)F)NN. The van der Waals surface area contributed by atoms with Crippen LogP contribution in [0.2, 0.25) is 0 Å². The van der Waals surface area contributed by atoms with Gasteiger partial charge in [0, 0.05) is 6.54 Å². The number of hydrazine groups is 1. The van der Waals surface area contributed by atoms with Gasteiger partial charge in [-0.2, -0.15) is 18.3 Å². The molecule has 1 aromatic rings. The zero-order valence-corrected chi connectivity index (χ0v) is 11.4. The first-order valence-corrected chi connectivity index (χ1v) is 6.13. The van der Waals surface area contributed by atoms with E-state index < -0.39 is 18.8 Å². The number of halogens is 3. The molecular weight excluding hydrogens is 277 g/mol. The molecular formula is C11H19F3N4O2. The maximum atomic E-state index is 12.1. The van der Waals surface area contributed by atoms with E-state index >= 15 is 0 Å². The van der Waals surface area contributed by atoms with Gasteiger partial charge in [0.25, 0.3) is 0 Å². The quantitative estimate of drug-likeness (QED) is 0.560. The molecule has 1 aromatic heterocycles. The summed E-state index contributed by atoms with van der Waals surface area (Å²) in [4.78, 5) is 0. The van der Waals surface area contributed by atoms with Crippen LogP contribution in [0.5, 0.6) is 5.75 Å². The lowest BCUT2D eigenvalue weighted by atomic mass is 10.2. The van der Waals surface area contributed by atoms with Crippen molar-refractivity contribution in [1.82, 2.24) is 15.2 Å². The van der Waals surface area contributed by atoms with E-state index in [9.17, 15) is 13.2 Å². The second-order valence-corrected chi connectivity index (χ2v) is 4.17. The molecule has 0 saturated heterocycles. The highest BCUT2D eigenvalue weighted by atomic mass is 19.4. The van der Waals surface area contributed by atoms with Gasteiger partial charge in [0.1, 0.15) is 12.3 Å². The van der Waals surface area contributed by atoms with E-state index in [4.69, 9.17) is 10.6 Å². The second-order valence-electron chi connectivity index (χ2n) is 4.17. The molecule has 0 aliphatic carbocycles. The Hall–Kier alpha value is -1.32. The van der Waals surface area contributed by atoms with Crippen LogP contribution < -0.4 is 16.0 Å². The lowest BCUT2D eigenvalue weighted by molar-refractivity contribution is -0.175. The van der Waals surface area contributed by atoms with Gasteiger partial charge in [-0.05, 0) is 6.42 Å². The van der Waals surface area contributed by atoms with Crippen molar-refractivity contribution < 1.29 is 22.6 Å². The largest absolute Gasteiger partial charge is 0.493 e. The molecule has 3 N–H and O–H groups in total. The lowest BCUT2D eigenvalue weighted by Gasteiger charge is -2.19. The van der Waals surface area contributed by atoms with Crippen LogP contribution in [0.25, 0.3) is 0 Å². The van der Waals surface area contributed by atoms with Gasteiger partial charge in [0.15, 0.2) is 5.75 Å². The molecule has 6 nitrogen and oxygen atoms in total. The summed E-state index contributed by atoms with van der Waals surface area (Å²) in [6.45, 7) is 1.01. The highest BCUT2D eigenvalue weighted by Crippen LogP contribution is 2.25. The molecule has 116 valence electrons. The van der Waals surface area contributed by atoms with Crippen LogP contribution in [0.3, 0.4) is 0 Å². The third kappa shape index (κ3) is 4.66. The number of aryl methyl sites for hydroxylation is 1. The summed E-state index contributed by atoms with van der Waals surface area (Å²) in [5.41, 5.74) is 3.00. The molecule has 0 fully saturated rings. The highest BCUT2D eigenvalue weighted by molar-refractivity contribution is 5.28. The average Bonchev–Trinajstić information content (AvgIpc) is 2.77. The van der Waals surface area contributed by atoms with Gasteiger partial charge in [-0.1, -0.05) is 6.92 Å². The van der Waals surface area contributed by atoms with Crippen molar-refractivity contribution in [3.63, 3.8) is 0 Å². The molecule has 1 unspecified atom stereocenters. The Morgan fingerprint density at radius 3 is 2.70 bits per heavy atom. The smallest absolute Gasteiger partial charge is 0.411 e. The monoisotopic (exact) mass is 296 g/mol. The lowest BCUT2D eigenvalue weighted by Crippen LogP contribution is -2.34. The fourth-order valence-corrected chi connectivity index (χ4v) is 1.78. The topological polar surface area (TPSA) is 74.3 Å². The Morgan fingerprint density at radius 1 is 1.50 bits per heavy atom. The van der Waals surface area contributed by atoms with Crippen LogP contribution >= 0.6 is 0 Å². The molecule has 1 atom stereocenters. The molecule has 0 aliphatic rings. The summed E-state index contributed by atoms with van der Waals surface area (Å²) in [7, 11) is 1.46. The third-order valence-corrected chi connectivity index (χ3v) is 2.58. The van der Waals surface area contributed by atoms with Crippen LogP contribution in [0, 0.1) is 0 Å². The van der Waals surface area contributed by atoms with Gasteiger partial charge in [0.2, 0.25) is 0 Å². The maximum Gasteiger partial charge on any atom is 0.411 e. The van der Waals surface area contributed by atoms with Gasteiger partial charge in [-0.15, -0.1) is 0 Å². The van der Waals surface area contributed by atoms with Crippen molar-refractivity contribution in [1.29, 1.82) is 0 Å². The Balaban J connectivity index is 2.79. The molecule has 0 amide bonds. The molecule has 20 heavy (non-hydrogen) atoms. The number of ether oxygens (including phenoxy) is 2. The predicted octanol–water partition coefficient (Wildman–Crippen LogP) is 1.38. The molecule has 0 radical (unpaired) electrons. The number of rotatable bonds is 8. The van der Waals surface area contributed by atoms with E-state index in [1.807, 2.05) is 6.92 Å². The van der Waals surface area contributed by atoms with Crippen LogP contribution in [-0.2, 0) is 11.3 Å². The van der Waals surface area contributed by atoms with Crippen LogP contribution in [0.1, 0.15) is 25.1 Å². The number of nitrogens with one attached hydrogen (secondary N) is 1. The summed E-state index contributed by atoms with van der Waals surface area (Å²) in [6, 6.07) is -0.638. The second kappa shape index (κ2) is 7.46. The van der Waals surface area contributed by atoms with E-state index in [1.54, 1.807) is 4.68 Å². The molecule has 1 heterocycles. The normalized spacial score (nSPS) is 13.5. The van der Waals surface area contributed by atoms with Crippen molar-refractivity contribution in [3.05, 3.63) is 11.9 Å². The van der Waals surface area contributed by atoms with Crippen molar-refractivity contribution >= 4 is 0 Å². The number of nitrogens with two attached hydrogens (primary N) is 1. The first-order chi connectivity index (χ1) is 9.42. The van der Waals surface area contributed by atoms with E-state index in [1.165, 1.54) is 13.3 Å². The minimum absolute atomic E-state index is 0.234. The molecule has 0 aliphatic heterocycles. The molecule has 0 bridgehead atoms. The number of methoxy groups -OCH3 is 1. The minimum Gasteiger partial charge on any atom is -0.493 e. The summed E-state index contributed by atoms with van der Waals surface area (Å²) in [5.74, 6) is 5.85. The molecule has 0 aromatic carbocycles. The predicted molar refractivity (Wildman–Crippen MR) is 66.0 cm³/mol. The van der Waals surface area contributed by atoms with Gasteiger partial charge >= 0.3 is 6.18 Å². The van der Waals surface area contributed by atoms with E-state index in [0.717, 1.165) is 6.42 Å². The average molecular weight is 296 g/mol. The summed E-state index contributed by atoms with van der Waals surface area (Å²) in [6.07, 6.45) is -2.05. The van der Waals surface area contributed by atoms with Gasteiger partial charge in [-0.25, -0.2) is 5.43 Å². The number of hydrogen-bond donors (Lipinski definition) is 2. The van der Waals surface area contributed by atoms with Crippen molar-refractivity contribution in [2.45, 2.75) is 32.1 Å². The first-order valence-electron chi connectivity index (χ1n) is 6.13.